The molecule has 0 aliphatic carbocycles. The van der Waals surface area contributed by atoms with E-state index in [0.717, 1.165) is 41.5 Å². The van der Waals surface area contributed by atoms with E-state index in [2.05, 4.69) is 26.1 Å². The van der Waals surface area contributed by atoms with Crippen LogP contribution in [0.1, 0.15) is 60.3 Å². The SMILES string of the molecule is CCCC[C@@](C)(OCC)C(=O)Nc1ccc(O[C@H](C)CC)c2ccccc12. The molecule has 1 N–H and O–H groups in total. The molecule has 0 aliphatic heterocycles. The van der Waals surface area contributed by atoms with Gasteiger partial charge >= 0.3 is 0 Å². The molecular formula is C23H33NO3. The van der Waals surface area contributed by atoms with Gasteiger partial charge in [0.1, 0.15) is 11.4 Å². The lowest BCUT2D eigenvalue weighted by Gasteiger charge is -2.28. The lowest BCUT2D eigenvalue weighted by atomic mass is 9.97. The summed E-state index contributed by atoms with van der Waals surface area (Å²) in [4.78, 5) is 13.0. The highest BCUT2D eigenvalue weighted by Crippen LogP contribution is 2.33. The van der Waals surface area contributed by atoms with Crippen molar-refractivity contribution in [3.05, 3.63) is 36.4 Å². The number of carbonyl (C=O) groups is 1. The summed E-state index contributed by atoms with van der Waals surface area (Å²) >= 11 is 0. The van der Waals surface area contributed by atoms with Gasteiger partial charge in [-0.25, -0.2) is 0 Å². The van der Waals surface area contributed by atoms with Gasteiger partial charge in [0.15, 0.2) is 0 Å². The van der Waals surface area contributed by atoms with E-state index in [1.54, 1.807) is 0 Å². The fourth-order valence-electron chi connectivity index (χ4n) is 3.12. The van der Waals surface area contributed by atoms with Crippen LogP contribution < -0.4 is 10.1 Å². The van der Waals surface area contributed by atoms with Gasteiger partial charge in [0.25, 0.3) is 5.91 Å². The standard InChI is InChI=1S/C23H33NO3/c1-6-9-16-23(5,26-8-3)22(25)24-20-14-15-21(27-17(4)7-2)19-13-11-10-12-18(19)20/h10-15,17H,6-9,16H2,1-5H3,(H,24,25)/t17-,23-/m1/s1. The minimum atomic E-state index is -0.822. The van der Waals surface area contributed by atoms with E-state index in [-0.39, 0.29) is 12.0 Å². The van der Waals surface area contributed by atoms with Crippen LogP contribution in [0.3, 0.4) is 0 Å². The van der Waals surface area contributed by atoms with Gasteiger partial charge in [-0.2, -0.15) is 0 Å². The molecule has 1 amide bonds. The van der Waals surface area contributed by atoms with Gasteiger partial charge in [-0.1, -0.05) is 51.0 Å². The van der Waals surface area contributed by atoms with Crippen LogP contribution in [0.5, 0.6) is 5.75 Å². The molecule has 2 atom stereocenters. The second kappa shape index (κ2) is 9.75. The summed E-state index contributed by atoms with van der Waals surface area (Å²) in [5.41, 5.74) is -0.0351. The maximum Gasteiger partial charge on any atom is 0.256 e. The number of hydrogen-bond donors (Lipinski definition) is 1. The number of rotatable bonds is 10. The van der Waals surface area contributed by atoms with Crippen LogP contribution in [0.4, 0.5) is 5.69 Å². The molecule has 2 aromatic carbocycles. The van der Waals surface area contributed by atoms with Crippen LogP contribution in [-0.4, -0.2) is 24.2 Å². The van der Waals surface area contributed by atoms with Gasteiger partial charge in [-0.15, -0.1) is 0 Å². The van der Waals surface area contributed by atoms with Crippen molar-refractivity contribution >= 4 is 22.4 Å². The van der Waals surface area contributed by atoms with Crippen molar-refractivity contribution in [3.8, 4) is 5.75 Å². The molecule has 0 heterocycles. The molecule has 0 aromatic heterocycles. The molecule has 0 radical (unpaired) electrons. The third-order valence-corrected chi connectivity index (χ3v) is 4.99. The van der Waals surface area contributed by atoms with E-state index in [4.69, 9.17) is 9.47 Å². The number of hydrogen-bond acceptors (Lipinski definition) is 3. The first-order chi connectivity index (χ1) is 12.9. The predicted octanol–water partition coefficient (Wildman–Crippen LogP) is 5.94. The van der Waals surface area contributed by atoms with Crippen LogP contribution in [0.25, 0.3) is 10.8 Å². The third-order valence-electron chi connectivity index (χ3n) is 4.99. The number of nitrogens with one attached hydrogen (secondary N) is 1. The van der Waals surface area contributed by atoms with Crippen molar-refractivity contribution in [2.75, 3.05) is 11.9 Å². The Hall–Kier alpha value is -2.07. The Bertz CT molecular complexity index is 758. The van der Waals surface area contributed by atoms with E-state index < -0.39 is 5.60 Å². The van der Waals surface area contributed by atoms with Crippen LogP contribution >= 0.6 is 0 Å². The Balaban J connectivity index is 2.33. The number of anilines is 1. The van der Waals surface area contributed by atoms with Gasteiger partial charge in [0, 0.05) is 23.1 Å². The first-order valence-electron chi connectivity index (χ1n) is 10.1. The molecule has 4 nitrogen and oxygen atoms in total. The van der Waals surface area contributed by atoms with Crippen molar-refractivity contribution in [2.45, 2.75) is 72.0 Å². The Labute approximate surface area is 163 Å². The summed E-state index contributed by atoms with van der Waals surface area (Å²) < 4.78 is 11.9. The quantitative estimate of drug-likeness (QED) is 0.562. The molecule has 27 heavy (non-hydrogen) atoms. The molecule has 4 heteroatoms. The van der Waals surface area contributed by atoms with Crippen molar-refractivity contribution < 1.29 is 14.3 Å². The fourth-order valence-corrected chi connectivity index (χ4v) is 3.12. The van der Waals surface area contributed by atoms with Gasteiger partial charge in [-0.3, -0.25) is 4.79 Å². The topological polar surface area (TPSA) is 47.6 Å². The average molecular weight is 372 g/mol. The summed E-state index contributed by atoms with van der Waals surface area (Å²) in [5, 5.41) is 5.07. The largest absolute Gasteiger partial charge is 0.490 e. The molecule has 0 saturated heterocycles. The van der Waals surface area contributed by atoms with E-state index in [9.17, 15) is 4.79 Å². The first kappa shape index (κ1) is 21.2. The zero-order valence-electron chi connectivity index (χ0n) is 17.3. The van der Waals surface area contributed by atoms with Gasteiger partial charge < -0.3 is 14.8 Å². The van der Waals surface area contributed by atoms with E-state index in [1.165, 1.54) is 0 Å². The maximum atomic E-state index is 13.0. The predicted molar refractivity (Wildman–Crippen MR) is 113 cm³/mol. The summed E-state index contributed by atoms with van der Waals surface area (Å²) in [7, 11) is 0. The second-order valence-corrected chi connectivity index (χ2v) is 7.22. The maximum absolute atomic E-state index is 13.0. The third kappa shape index (κ3) is 5.23. The lowest BCUT2D eigenvalue weighted by Crippen LogP contribution is -2.42. The van der Waals surface area contributed by atoms with Crippen LogP contribution in [-0.2, 0) is 9.53 Å². The highest BCUT2D eigenvalue weighted by molar-refractivity contribution is 6.06. The minimum absolute atomic E-state index is 0.0986. The van der Waals surface area contributed by atoms with Crippen LogP contribution in [0, 0.1) is 0 Å². The van der Waals surface area contributed by atoms with E-state index in [0.29, 0.717) is 13.0 Å². The van der Waals surface area contributed by atoms with Gasteiger partial charge in [0.05, 0.1) is 6.10 Å². The average Bonchev–Trinajstić information content (AvgIpc) is 2.68. The van der Waals surface area contributed by atoms with Crippen LogP contribution in [0.2, 0.25) is 0 Å². The number of benzene rings is 2. The first-order valence-corrected chi connectivity index (χ1v) is 10.1. The van der Waals surface area contributed by atoms with Crippen molar-refractivity contribution in [3.63, 3.8) is 0 Å². The zero-order chi connectivity index (χ0) is 19.9. The highest BCUT2D eigenvalue weighted by atomic mass is 16.5. The Kier molecular flexibility index (Phi) is 7.66. The molecular weight excluding hydrogens is 338 g/mol. The molecule has 0 fully saturated rings. The number of fused-ring (bicyclic) bond motifs is 1. The monoisotopic (exact) mass is 371 g/mol. The molecule has 0 unspecified atom stereocenters. The molecule has 148 valence electrons. The van der Waals surface area contributed by atoms with E-state index >= 15 is 0 Å². The van der Waals surface area contributed by atoms with E-state index in [1.807, 2.05) is 50.2 Å². The number of ether oxygens (including phenoxy) is 2. The Morgan fingerprint density at radius 1 is 1.11 bits per heavy atom. The van der Waals surface area contributed by atoms with Gasteiger partial charge in [-0.05, 0) is 45.7 Å². The lowest BCUT2D eigenvalue weighted by molar-refractivity contribution is -0.139. The molecule has 2 rings (SSSR count). The van der Waals surface area contributed by atoms with Crippen LogP contribution in [0.15, 0.2) is 36.4 Å². The minimum Gasteiger partial charge on any atom is -0.490 e. The summed E-state index contributed by atoms with van der Waals surface area (Å²) in [5.74, 6) is 0.745. The van der Waals surface area contributed by atoms with Crippen molar-refractivity contribution in [1.29, 1.82) is 0 Å². The molecule has 0 bridgehead atoms. The highest BCUT2D eigenvalue weighted by Gasteiger charge is 2.33. The van der Waals surface area contributed by atoms with Crippen molar-refractivity contribution in [1.82, 2.24) is 0 Å². The molecule has 2 aromatic rings. The Morgan fingerprint density at radius 3 is 2.44 bits per heavy atom. The number of amides is 1. The summed E-state index contributed by atoms with van der Waals surface area (Å²) in [6.07, 6.45) is 3.77. The van der Waals surface area contributed by atoms with Crippen molar-refractivity contribution in [2.24, 2.45) is 0 Å². The summed E-state index contributed by atoms with van der Waals surface area (Å²) in [6, 6.07) is 11.9. The normalized spacial score (nSPS) is 14.6. The Morgan fingerprint density at radius 2 is 1.81 bits per heavy atom. The summed E-state index contributed by atoms with van der Waals surface area (Å²) in [6.45, 7) is 10.6. The smallest absolute Gasteiger partial charge is 0.256 e. The number of carbonyl (C=O) groups excluding carboxylic acids is 1. The fraction of sp³-hybridized carbons (Fsp3) is 0.522. The number of unbranched alkanes of at least 4 members (excludes halogenated alkanes) is 1. The molecule has 0 aliphatic rings. The van der Waals surface area contributed by atoms with Gasteiger partial charge in [0.2, 0.25) is 0 Å². The zero-order valence-corrected chi connectivity index (χ0v) is 17.3. The molecule has 0 saturated carbocycles. The molecule has 0 spiro atoms. The second-order valence-electron chi connectivity index (χ2n) is 7.22.